The highest BCUT2D eigenvalue weighted by molar-refractivity contribution is 9.10. The van der Waals surface area contributed by atoms with Gasteiger partial charge in [0.25, 0.3) is 0 Å². The molecule has 19 heavy (non-hydrogen) atoms. The van der Waals surface area contributed by atoms with E-state index >= 15 is 0 Å². The van der Waals surface area contributed by atoms with Crippen LogP contribution in [0.1, 0.15) is 65.1 Å². The minimum atomic E-state index is 0.401. The molecule has 1 heterocycles. The third-order valence-electron chi connectivity index (χ3n) is 3.78. The van der Waals surface area contributed by atoms with Crippen molar-refractivity contribution < 1.29 is 0 Å². The maximum atomic E-state index is 4.46. The molecule has 3 nitrogen and oxygen atoms in total. The van der Waals surface area contributed by atoms with E-state index in [0.717, 1.165) is 17.6 Å². The SMILES string of the molecule is CCCCC(CC)C(NCC)c1c(Br)cnn1CC. The summed E-state index contributed by atoms with van der Waals surface area (Å²) in [5.41, 5.74) is 1.31. The summed E-state index contributed by atoms with van der Waals surface area (Å²) in [6.07, 6.45) is 6.99. The van der Waals surface area contributed by atoms with E-state index in [4.69, 9.17) is 0 Å². The minimum absolute atomic E-state index is 0.401. The molecule has 1 aromatic rings. The monoisotopic (exact) mass is 329 g/mol. The highest BCUT2D eigenvalue weighted by Gasteiger charge is 2.25. The normalized spacial score (nSPS) is 14.6. The highest BCUT2D eigenvalue weighted by atomic mass is 79.9. The van der Waals surface area contributed by atoms with E-state index in [2.05, 4.69) is 58.7 Å². The summed E-state index contributed by atoms with van der Waals surface area (Å²) in [6, 6.07) is 0.401. The van der Waals surface area contributed by atoms with E-state index in [0.29, 0.717) is 12.0 Å². The number of unbranched alkanes of at least 4 members (excludes halogenated alkanes) is 1. The Morgan fingerprint density at radius 2 is 2.05 bits per heavy atom. The molecule has 0 aliphatic rings. The molecule has 2 atom stereocenters. The lowest BCUT2D eigenvalue weighted by atomic mass is 9.89. The average molecular weight is 330 g/mol. The smallest absolute Gasteiger partial charge is 0.0698 e. The van der Waals surface area contributed by atoms with E-state index in [9.17, 15) is 0 Å². The number of rotatable bonds is 9. The molecule has 0 fully saturated rings. The number of aromatic nitrogens is 2. The van der Waals surface area contributed by atoms with Crippen LogP contribution in [0.3, 0.4) is 0 Å². The van der Waals surface area contributed by atoms with Gasteiger partial charge in [0, 0.05) is 6.54 Å². The van der Waals surface area contributed by atoms with Crippen LogP contribution in [0.2, 0.25) is 0 Å². The molecule has 0 spiro atoms. The molecule has 4 heteroatoms. The molecule has 0 saturated carbocycles. The zero-order chi connectivity index (χ0) is 14.3. The number of nitrogens with zero attached hydrogens (tertiary/aromatic N) is 2. The Morgan fingerprint density at radius 3 is 2.58 bits per heavy atom. The second-order valence-corrected chi connectivity index (χ2v) is 5.89. The van der Waals surface area contributed by atoms with Crippen molar-refractivity contribution in [3.05, 3.63) is 16.4 Å². The van der Waals surface area contributed by atoms with Crippen molar-refractivity contribution in [3.8, 4) is 0 Å². The summed E-state index contributed by atoms with van der Waals surface area (Å²) in [4.78, 5) is 0. The molecule has 0 aliphatic carbocycles. The van der Waals surface area contributed by atoms with Crippen LogP contribution in [-0.2, 0) is 6.54 Å². The predicted octanol–water partition coefficient (Wildman–Crippen LogP) is 4.53. The number of nitrogens with one attached hydrogen (secondary N) is 1. The van der Waals surface area contributed by atoms with Gasteiger partial charge in [-0.1, -0.05) is 40.0 Å². The Hall–Kier alpha value is -0.350. The number of hydrogen-bond donors (Lipinski definition) is 1. The lowest BCUT2D eigenvalue weighted by Crippen LogP contribution is -2.30. The fraction of sp³-hybridized carbons (Fsp3) is 0.800. The third kappa shape index (κ3) is 4.32. The lowest BCUT2D eigenvalue weighted by molar-refractivity contribution is 0.311. The van der Waals surface area contributed by atoms with Crippen LogP contribution in [0.4, 0.5) is 0 Å². The molecule has 0 amide bonds. The molecule has 1 rings (SSSR count). The van der Waals surface area contributed by atoms with Gasteiger partial charge in [-0.3, -0.25) is 4.68 Å². The summed E-state index contributed by atoms with van der Waals surface area (Å²) in [5.74, 6) is 0.679. The first kappa shape index (κ1) is 16.7. The molecule has 2 unspecified atom stereocenters. The Balaban J connectivity index is 2.99. The van der Waals surface area contributed by atoms with E-state index in [1.54, 1.807) is 0 Å². The van der Waals surface area contributed by atoms with E-state index < -0.39 is 0 Å². The molecule has 0 bridgehead atoms. The van der Waals surface area contributed by atoms with Crippen molar-refractivity contribution in [1.82, 2.24) is 15.1 Å². The van der Waals surface area contributed by atoms with Crippen LogP contribution < -0.4 is 5.32 Å². The van der Waals surface area contributed by atoms with Crippen LogP contribution in [0, 0.1) is 5.92 Å². The maximum absolute atomic E-state index is 4.46. The Labute approximate surface area is 126 Å². The van der Waals surface area contributed by atoms with Gasteiger partial charge in [-0.15, -0.1) is 0 Å². The average Bonchev–Trinajstić information content (AvgIpc) is 2.79. The van der Waals surface area contributed by atoms with Gasteiger partial charge in [0.05, 0.1) is 22.4 Å². The summed E-state index contributed by atoms with van der Waals surface area (Å²) >= 11 is 3.67. The fourth-order valence-corrected chi connectivity index (χ4v) is 3.26. The number of aryl methyl sites for hydroxylation is 1. The summed E-state index contributed by atoms with van der Waals surface area (Å²) < 4.78 is 3.25. The van der Waals surface area contributed by atoms with Crippen molar-refractivity contribution in [3.63, 3.8) is 0 Å². The molecule has 1 N–H and O–H groups in total. The lowest BCUT2D eigenvalue weighted by Gasteiger charge is -2.28. The summed E-state index contributed by atoms with van der Waals surface area (Å²) in [5, 5.41) is 8.13. The van der Waals surface area contributed by atoms with Crippen molar-refractivity contribution in [1.29, 1.82) is 0 Å². The van der Waals surface area contributed by atoms with Crippen molar-refractivity contribution in [2.24, 2.45) is 5.92 Å². The molecule has 0 aromatic carbocycles. The molecular formula is C15H28BrN3. The van der Waals surface area contributed by atoms with Crippen molar-refractivity contribution in [2.75, 3.05) is 6.54 Å². The first-order valence-corrected chi connectivity index (χ1v) is 8.43. The maximum Gasteiger partial charge on any atom is 0.0698 e. The standard InChI is InChI=1S/C15H28BrN3/c1-5-9-10-12(6-2)14(17-7-3)15-13(16)11-18-19(15)8-4/h11-12,14,17H,5-10H2,1-4H3. The second kappa shape index (κ2) is 8.75. The molecule has 0 saturated heterocycles. The zero-order valence-electron chi connectivity index (χ0n) is 12.7. The van der Waals surface area contributed by atoms with Crippen LogP contribution in [0.5, 0.6) is 0 Å². The number of halogens is 1. The van der Waals surface area contributed by atoms with Gasteiger partial charge in [-0.25, -0.2) is 0 Å². The van der Waals surface area contributed by atoms with Crippen LogP contribution in [0.25, 0.3) is 0 Å². The fourth-order valence-electron chi connectivity index (χ4n) is 2.71. The van der Waals surface area contributed by atoms with Gasteiger partial charge in [0.15, 0.2) is 0 Å². The Kier molecular flexibility index (Phi) is 7.69. The summed E-state index contributed by atoms with van der Waals surface area (Å²) in [7, 11) is 0. The largest absolute Gasteiger partial charge is 0.309 e. The first-order valence-electron chi connectivity index (χ1n) is 7.63. The van der Waals surface area contributed by atoms with Gasteiger partial charge < -0.3 is 5.32 Å². The van der Waals surface area contributed by atoms with E-state index in [-0.39, 0.29) is 0 Å². The second-order valence-electron chi connectivity index (χ2n) is 5.04. The molecule has 110 valence electrons. The van der Waals surface area contributed by atoms with Crippen LogP contribution in [-0.4, -0.2) is 16.3 Å². The van der Waals surface area contributed by atoms with Crippen molar-refractivity contribution in [2.45, 2.75) is 66.0 Å². The van der Waals surface area contributed by atoms with Gasteiger partial charge >= 0.3 is 0 Å². The van der Waals surface area contributed by atoms with Gasteiger partial charge in [0.2, 0.25) is 0 Å². The Morgan fingerprint density at radius 1 is 1.32 bits per heavy atom. The van der Waals surface area contributed by atoms with E-state index in [1.165, 1.54) is 31.4 Å². The summed E-state index contributed by atoms with van der Waals surface area (Å²) in [6.45, 7) is 10.8. The van der Waals surface area contributed by atoms with Crippen LogP contribution >= 0.6 is 15.9 Å². The molecule has 0 aliphatic heterocycles. The quantitative estimate of drug-likeness (QED) is 0.721. The Bertz CT molecular complexity index is 362. The topological polar surface area (TPSA) is 29.9 Å². The molecule has 1 aromatic heterocycles. The van der Waals surface area contributed by atoms with E-state index in [1.807, 2.05) is 6.20 Å². The predicted molar refractivity (Wildman–Crippen MR) is 85.3 cm³/mol. The zero-order valence-corrected chi connectivity index (χ0v) is 14.3. The van der Waals surface area contributed by atoms with Crippen molar-refractivity contribution >= 4 is 15.9 Å². The van der Waals surface area contributed by atoms with Crippen LogP contribution in [0.15, 0.2) is 10.7 Å². The van der Waals surface area contributed by atoms with Gasteiger partial charge in [-0.05, 0) is 41.7 Å². The molecule has 0 radical (unpaired) electrons. The first-order chi connectivity index (χ1) is 9.19. The third-order valence-corrected chi connectivity index (χ3v) is 4.39. The van der Waals surface area contributed by atoms with Gasteiger partial charge in [0.1, 0.15) is 0 Å². The minimum Gasteiger partial charge on any atom is -0.309 e. The highest BCUT2D eigenvalue weighted by Crippen LogP contribution is 2.33. The molecular weight excluding hydrogens is 302 g/mol. The van der Waals surface area contributed by atoms with Gasteiger partial charge in [-0.2, -0.15) is 5.10 Å². The number of hydrogen-bond acceptors (Lipinski definition) is 2.